The molecular formula is C20H21F3N4O4. The van der Waals surface area contributed by atoms with Crippen LogP contribution in [0.5, 0.6) is 0 Å². The summed E-state index contributed by atoms with van der Waals surface area (Å²) in [6, 6.07) is 11.1. The Balaban J connectivity index is 0.000000339. The third-order valence-corrected chi connectivity index (χ3v) is 5.24. The van der Waals surface area contributed by atoms with E-state index >= 15 is 0 Å². The van der Waals surface area contributed by atoms with Crippen LogP contribution >= 0.6 is 0 Å². The molecule has 0 unspecified atom stereocenters. The second-order valence-electron chi connectivity index (χ2n) is 7.36. The molecule has 2 saturated heterocycles. The molecule has 0 spiro atoms. The third kappa shape index (κ3) is 5.48. The highest BCUT2D eigenvalue weighted by atomic mass is 19.4. The van der Waals surface area contributed by atoms with E-state index in [4.69, 9.17) is 14.6 Å². The number of halogens is 3. The van der Waals surface area contributed by atoms with Gasteiger partial charge in [0.1, 0.15) is 0 Å². The molecule has 2 atom stereocenters. The SMILES string of the molecule is O=C(NC[C@]12COC[C@H]1CN(c1ncccn1)C2)c1ccccc1.O=C(O)C(F)(F)F. The number of hydrogen-bond donors (Lipinski definition) is 2. The van der Waals surface area contributed by atoms with Gasteiger partial charge in [-0.05, 0) is 18.2 Å². The fourth-order valence-corrected chi connectivity index (χ4v) is 3.64. The van der Waals surface area contributed by atoms with Crippen molar-refractivity contribution in [3.63, 3.8) is 0 Å². The Hall–Kier alpha value is -3.21. The zero-order valence-electron chi connectivity index (χ0n) is 16.4. The summed E-state index contributed by atoms with van der Waals surface area (Å²) in [5, 5.41) is 10.2. The molecule has 0 radical (unpaired) electrons. The molecule has 2 fully saturated rings. The molecular weight excluding hydrogens is 417 g/mol. The van der Waals surface area contributed by atoms with Crippen molar-refractivity contribution in [3.05, 3.63) is 54.4 Å². The quantitative estimate of drug-likeness (QED) is 0.752. The fraction of sp³-hybridized carbons (Fsp3) is 0.400. The Morgan fingerprint density at radius 3 is 2.45 bits per heavy atom. The van der Waals surface area contributed by atoms with Crippen molar-refractivity contribution in [2.75, 3.05) is 37.7 Å². The van der Waals surface area contributed by atoms with Crippen LogP contribution < -0.4 is 10.2 Å². The topological polar surface area (TPSA) is 105 Å². The van der Waals surface area contributed by atoms with Crippen molar-refractivity contribution in [1.82, 2.24) is 15.3 Å². The summed E-state index contributed by atoms with van der Waals surface area (Å²) in [5.74, 6) is -1.66. The summed E-state index contributed by atoms with van der Waals surface area (Å²) >= 11 is 0. The van der Waals surface area contributed by atoms with E-state index in [1.54, 1.807) is 12.4 Å². The minimum Gasteiger partial charge on any atom is -0.475 e. The molecule has 4 rings (SSSR count). The molecule has 0 saturated carbocycles. The van der Waals surface area contributed by atoms with E-state index in [-0.39, 0.29) is 11.3 Å². The van der Waals surface area contributed by atoms with Gasteiger partial charge in [0.05, 0.1) is 13.2 Å². The smallest absolute Gasteiger partial charge is 0.475 e. The first-order chi connectivity index (χ1) is 14.7. The number of ether oxygens (including phenoxy) is 1. The third-order valence-electron chi connectivity index (χ3n) is 5.24. The summed E-state index contributed by atoms with van der Waals surface area (Å²) in [5.41, 5.74) is 0.620. The van der Waals surface area contributed by atoms with E-state index in [1.807, 2.05) is 36.4 Å². The number of fused-ring (bicyclic) bond motifs is 1. The van der Waals surface area contributed by atoms with Crippen LogP contribution in [0.2, 0.25) is 0 Å². The standard InChI is InChI=1S/C18H20N4O2.C2HF3O2/c23-16(14-5-2-1-3-6-14)21-11-18-12-22(9-15(18)10-24-13-18)17-19-7-4-8-20-17;3-2(4,5)1(6)7/h1-8,15H,9-13H2,(H,21,23);(H,6,7)/t15-,18+;/m1./s1. The Kier molecular flexibility index (Phi) is 6.74. The largest absolute Gasteiger partial charge is 0.490 e. The molecule has 0 aliphatic carbocycles. The Morgan fingerprint density at radius 1 is 1.19 bits per heavy atom. The van der Waals surface area contributed by atoms with Crippen LogP contribution in [-0.2, 0) is 9.53 Å². The highest BCUT2D eigenvalue weighted by Crippen LogP contribution is 2.41. The van der Waals surface area contributed by atoms with Gasteiger partial charge in [-0.1, -0.05) is 18.2 Å². The maximum absolute atomic E-state index is 12.3. The number of aliphatic carboxylic acids is 1. The van der Waals surface area contributed by atoms with Gasteiger partial charge in [-0.15, -0.1) is 0 Å². The molecule has 11 heteroatoms. The monoisotopic (exact) mass is 438 g/mol. The maximum atomic E-state index is 12.3. The first-order valence-corrected chi connectivity index (χ1v) is 9.44. The first kappa shape index (κ1) is 22.5. The van der Waals surface area contributed by atoms with Crippen LogP contribution in [0.4, 0.5) is 19.1 Å². The lowest BCUT2D eigenvalue weighted by atomic mass is 9.81. The van der Waals surface area contributed by atoms with Gasteiger partial charge in [0.15, 0.2) is 0 Å². The number of anilines is 1. The molecule has 31 heavy (non-hydrogen) atoms. The minimum atomic E-state index is -5.08. The van der Waals surface area contributed by atoms with E-state index < -0.39 is 12.1 Å². The molecule has 2 aliphatic rings. The number of carboxylic acid groups (broad SMARTS) is 1. The van der Waals surface area contributed by atoms with Crippen LogP contribution in [0.1, 0.15) is 10.4 Å². The van der Waals surface area contributed by atoms with Crippen molar-refractivity contribution >= 4 is 17.8 Å². The molecule has 2 aliphatic heterocycles. The molecule has 3 heterocycles. The number of alkyl halides is 3. The number of nitrogens with zero attached hydrogens (tertiary/aromatic N) is 3. The Bertz CT molecular complexity index is 898. The van der Waals surface area contributed by atoms with Crippen LogP contribution in [0, 0.1) is 11.3 Å². The van der Waals surface area contributed by atoms with E-state index in [9.17, 15) is 18.0 Å². The molecule has 166 valence electrons. The number of carbonyl (C=O) groups excluding carboxylic acids is 1. The zero-order valence-corrected chi connectivity index (χ0v) is 16.4. The number of carbonyl (C=O) groups is 2. The molecule has 2 aromatic rings. The van der Waals surface area contributed by atoms with Gasteiger partial charge >= 0.3 is 12.1 Å². The average Bonchev–Trinajstić information content (AvgIpc) is 3.31. The summed E-state index contributed by atoms with van der Waals surface area (Å²) in [6.07, 6.45) is -1.56. The highest BCUT2D eigenvalue weighted by Gasteiger charge is 2.51. The summed E-state index contributed by atoms with van der Waals surface area (Å²) in [6.45, 7) is 3.66. The lowest BCUT2D eigenvalue weighted by Crippen LogP contribution is -2.43. The highest BCUT2D eigenvalue weighted by molar-refractivity contribution is 5.94. The van der Waals surface area contributed by atoms with E-state index in [0.717, 1.165) is 25.6 Å². The van der Waals surface area contributed by atoms with Gasteiger partial charge in [0, 0.05) is 48.9 Å². The zero-order chi connectivity index (χ0) is 22.5. The molecule has 1 aromatic carbocycles. The van der Waals surface area contributed by atoms with Crippen LogP contribution in [0.25, 0.3) is 0 Å². The van der Waals surface area contributed by atoms with Crippen LogP contribution in [0.3, 0.4) is 0 Å². The maximum Gasteiger partial charge on any atom is 0.490 e. The van der Waals surface area contributed by atoms with Crippen molar-refractivity contribution in [2.24, 2.45) is 11.3 Å². The summed E-state index contributed by atoms with van der Waals surface area (Å²) in [4.78, 5) is 32.1. The number of aromatic nitrogens is 2. The summed E-state index contributed by atoms with van der Waals surface area (Å²) < 4.78 is 37.5. The number of nitrogens with one attached hydrogen (secondary N) is 1. The predicted octanol–water partition coefficient (Wildman–Crippen LogP) is 1.99. The second kappa shape index (κ2) is 9.29. The van der Waals surface area contributed by atoms with Crippen LogP contribution in [0.15, 0.2) is 48.8 Å². The lowest BCUT2D eigenvalue weighted by molar-refractivity contribution is -0.192. The van der Waals surface area contributed by atoms with Crippen molar-refractivity contribution < 1.29 is 32.6 Å². The van der Waals surface area contributed by atoms with Gasteiger partial charge in [0.2, 0.25) is 5.95 Å². The van der Waals surface area contributed by atoms with E-state index in [1.165, 1.54) is 0 Å². The van der Waals surface area contributed by atoms with Crippen molar-refractivity contribution in [2.45, 2.75) is 6.18 Å². The number of amides is 1. The van der Waals surface area contributed by atoms with Gasteiger partial charge in [-0.3, -0.25) is 4.79 Å². The molecule has 0 bridgehead atoms. The van der Waals surface area contributed by atoms with E-state index in [0.29, 0.717) is 24.6 Å². The Morgan fingerprint density at radius 2 is 1.84 bits per heavy atom. The summed E-state index contributed by atoms with van der Waals surface area (Å²) in [7, 11) is 0. The van der Waals surface area contributed by atoms with Gasteiger partial charge in [-0.25, -0.2) is 14.8 Å². The molecule has 2 N–H and O–H groups in total. The molecule has 1 amide bonds. The minimum absolute atomic E-state index is 0.0370. The lowest BCUT2D eigenvalue weighted by Gasteiger charge is -2.27. The van der Waals surface area contributed by atoms with Gasteiger partial charge in [0.25, 0.3) is 5.91 Å². The van der Waals surface area contributed by atoms with Crippen LogP contribution in [-0.4, -0.2) is 66.0 Å². The molecule has 8 nitrogen and oxygen atoms in total. The number of carboxylic acids is 1. The van der Waals surface area contributed by atoms with Gasteiger partial charge in [-0.2, -0.15) is 13.2 Å². The Labute approximate surface area is 176 Å². The van der Waals surface area contributed by atoms with Gasteiger partial charge < -0.3 is 20.1 Å². The van der Waals surface area contributed by atoms with Crippen molar-refractivity contribution in [1.29, 1.82) is 0 Å². The normalized spacial score (nSPS) is 22.3. The van der Waals surface area contributed by atoms with Crippen molar-refractivity contribution in [3.8, 4) is 0 Å². The predicted molar refractivity (Wildman–Crippen MR) is 103 cm³/mol. The number of hydrogen-bond acceptors (Lipinski definition) is 6. The molecule has 1 aromatic heterocycles. The number of rotatable bonds is 4. The average molecular weight is 438 g/mol. The first-order valence-electron chi connectivity index (χ1n) is 9.44. The second-order valence-corrected chi connectivity index (χ2v) is 7.36. The fourth-order valence-electron chi connectivity index (χ4n) is 3.64. The number of benzene rings is 1. The van der Waals surface area contributed by atoms with E-state index in [2.05, 4.69) is 20.2 Å².